The second-order valence-electron chi connectivity index (χ2n) is 4.65. The lowest BCUT2D eigenvalue weighted by atomic mass is 9.91. The Kier molecular flexibility index (Phi) is 3.61. The first-order valence-corrected chi connectivity index (χ1v) is 7.24. The van der Waals surface area contributed by atoms with Gasteiger partial charge in [-0.3, -0.25) is 10.2 Å². The molecule has 2 aromatic carbocycles. The molecule has 4 nitrogen and oxygen atoms in total. The SMILES string of the molecule is Nc1cc(Br)cc2c1C(c1cc(F)ccc1Cl)NNC2=O. The zero-order valence-corrected chi connectivity index (χ0v) is 12.9. The number of nitrogens with two attached hydrogens (primary N) is 1. The van der Waals surface area contributed by atoms with Gasteiger partial charge in [0.1, 0.15) is 5.82 Å². The molecule has 0 bridgehead atoms. The van der Waals surface area contributed by atoms with Crippen LogP contribution >= 0.6 is 27.5 Å². The molecule has 7 heteroatoms. The van der Waals surface area contributed by atoms with Crippen LogP contribution in [-0.2, 0) is 0 Å². The van der Waals surface area contributed by atoms with Crippen LogP contribution < -0.4 is 16.6 Å². The van der Waals surface area contributed by atoms with Gasteiger partial charge in [0, 0.05) is 26.3 Å². The topological polar surface area (TPSA) is 67.2 Å². The number of benzene rings is 2. The van der Waals surface area contributed by atoms with Gasteiger partial charge in [-0.1, -0.05) is 27.5 Å². The van der Waals surface area contributed by atoms with E-state index < -0.39 is 11.9 Å². The summed E-state index contributed by atoms with van der Waals surface area (Å²) in [5.74, 6) is -0.716. The van der Waals surface area contributed by atoms with Crippen LogP contribution in [0.25, 0.3) is 0 Å². The van der Waals surface area contributed by atoms with Crippen LogP contribution in [0.3, 0.4) is 0 Å². The lowest BCUT2D eigenvalue weighted by Crippen LogP contribution is -2.46. The Bertz CT molecular complexity index is 753. The van der Waals surface area contributed by atoms with Crippen molar-refractivity contribution in [1.82, 2.24) is 10.9 Å². The average molecular weight is 371 g/mol. The summed E-state index contributed by atoms with van der Waals surface area (Å²) in [7, 11) is 0. The number of amides is 1. The van der Waals surface area contributed by atoms with E-state index in [-0.39, 0.29) is 5.91 Å². The fourth-order valence-electron chi connectivity index (χ4n) is 2.40. The number of carbonyl (C=O) groups excluding carboxylic acids is 1. The third-order valence-electron chi connectivity index (χ3n) is 3.31. The number of anilines is 1. The van der Waals surface area contributed by atoms with Crippen LogP contribution in [0.1, 0.15) is 27.5 Å². The number of hydrazine groups is 1. The van der Waals surface area contributed by atoms with Crippen molar-refractivity contribution in [2.24, 2.45) is 0 Å². The molecule has 4 N–H and O–H groups in total. The van der Waals surface area contributed by atoms with Gasteiger partial charge in [-0.15, -0.1) is 0 Å². The monoisotopic (exact) mass is 369 g/mol. The minimum atomic E-state index is -0.519. The van der Waals surface area contributed by atoms with Gasteiger partial charge in [-0.25, -0.2) is 9.82 Å². The highest BCUT2D eigenvalue weighted by atomic mass is 79.9. The molecule has 0 radical (unpaired) electrons. The average Bonchev–Trinajstić information content (AvgIpc) is 2.43. The van der Waals surface area contributed by atoms with Gasteiger partial charge >= 0.3 is 0 Å². The highest BCUT2D eigenvalue weighted by molar-refractivity contribution is 9.10. The molecule has 1 unspecified atom stereocenters. The molecule has 2 aromatic rings. The van der Waals surface area contributed by atoms with Gasteiger partial charge in [-0.2, -0.15) is 0 Å². The van der Waals surface area contributed by atoms with Crippen LogP contribution in [0, 0.1) is 5.82 Å². The van der Waals surface area contributed by atoms with E-state index in [0.717, 1.165) is 0 Å². The quantitative estimate of drug-likeness (QED) is 0.676. The number of fused-ring (bicyclic) bond motifs is 1. The number of nitrogen functional groups attached to an aromatic ring is 1. The first-order valence-electron chi connectivity index (χ1n) is 6.07. The smallest absolute Gasteiger partial charge is 0.265 e. The summed E-state index contributed by atoms with van der Waals surface area (Å²) in [6.45, 7) is 0. The molecule has 0 saturated carbocycles. The molecule has 0 spiro atoms. The molecule has 3 rings (SSSR count). The normalized spacial score (nSPS) is 17.3. The first kappa shape index (κ1) is 14.3. The lowest BCUT2D eigenvalue weighted by molar-refractivity contribution is 0.0913. The predicted octanol–water partition coefficient (Wildman–Crippen LogP) is 3.16. The van der Waals surface area contributed by atoms with Gasteiger partial charge in [0.2, 0.25) is 0 Å². The molecular formula is C14H10BrClFN3O. The third kappa shape index (κ3) is 2.50. The Morgan fingerprint density at radius 1 is 1.29 bits per heavy atom. The molecule has 1 amide bonds. The third-order valence-corrected chi connectivity index (χ3v) is 4.11. The molecule has 0 aliphatic carbocycles. The molecule has 0 aromatic heterocycles. The summed E-state index contributed by atoms with van der Waals surface area (Å²) in [4.78, 5) is 12.0. The summed E-state index contributed by atoms with van der Waals surface area (Å²) >= 11 is 9.45. The molecule has 1 aliphatic heterocycles. The fraction of sp³-hybridized carbons (Fsp3) is 0.0714. The standard InChI is InChI=1S/C14H10BrClFN3O/c15-6-3-9-12(11(18)4-6)13(19-20-14(9)21)8-5-7(17)1-2-10(8)16/h1-5,13,19H,18H2,(H,20,21). The molecule has 0 fully saturated rings. The van der Waals surface area contributed by atoms with E-state index in [0.29, 0.717) is 31.9 Å². The van der Waals surface area contributed by atoms with Gasteiger partial charge in [0.25, 0.3) is 5.91 Å². The van der Waals surface area contributed by atoms with Crippen molar-refractivity contribution in [1.29, 1.82) is 0 Å². The predicted molar refractivity (Wildman–Crippen MR) is 82.4 cm³/mol. The van der Waals surface area contributed by atoms with E-state index in [4.69, 9.17) is 17.3 Å². The Morgan fingerprint density at radius 3 is 2.81 bits per heavy atom. The van der Waals surface area contributed by atoms with Gasteiger partial charge in [0.05, 0.1) is 6.04 Å². The van der Waals surface area contributed by atoms with Crippen molar-refractivity contribution in [2.45, 2.75) is 6.04 Å². The van der Waals surface area contributed by atoms with E-state index in [2.05, 4.69) is 26.8 Å². The number of halogens is 3. The Morgan fingerprint density at radius 2 is 2.05 bits per heavy atom. The zero-order chi connectivity index (χ0) is 15.1. The molecular weight excluding hydrogens is 361 g/mol. The second-order valence-corrected chi connectivity index (χ2v) is 5.98. The van der Waals surface area contributed by atoms with Crippen molar-refractivity contribution < 1.29 is 9.18 Å². The molecule has 1 heterocycles. The summed E-state index contributed by atoms with van der Waals surface area (Å²) in [5, 5.41) is 0.387. The van der Waals surface area contributed by atoms with Crippen molar-refractivity contribution in [3.63, 3.8) is 0 Å². The van der Waals surface area contributed by atoms with Crippen LogP contribution in [-0.4, -0.2) is 5.91 Å². The van der Waals surface area contributed by atoms with Gasteiger partial charge in [0.15, 0.2) is 0 Å². The fourth-order valence-corrected chi connectivity index (χ4v) is 3.10. The van der Waals surface area contributed by atoms with E-state index in [9.17, 15) is 9.18 Å². The highest BCUT2D eigenvalue weighted by Crippen LogP contribution is 2.37. The van der Waals surface area contributed by atoms with Gasteiger partial charge in [-0.05, 0) is 35.9 Å². The summed E-state index contributed by atoms with van der Waals surface area (Å²) in [6.07, 6.45) is 0. The molecule has 108 valence electrons. The Balaban J connectivity index is 2.22. The number of rotatable bonds is 1. The van der Waals surface area contributed by atoms with Crippen molar-refractivity contribution in [2.75, 3.05) is 5.73 Å². The maximum Gasteiger partial charge on any atom is 0.265 e. The Hall–Kier alpha value is -1.63. The van der Waals surface area contributed by atoms with E-state index >= 15 is 0 Å². The van der Waals surface area contributed by atoms with Crippen LogP contribution in [0.15, 0.2) is 34.8 Å². The van der Waals surface area contributed by atoms with Crippen molar-refractivity contribution in [3.05, 3.63) is 62.3 Å². The number of nitrogens with one attached hydrogen (secondary N) is 2. The largest absolute Gasteiger partial charge is 0.398 e. The first-order chi connectivity index (χ1) is 9.97. The number of carbonyl (C=O) groups is 1. The Labute approximate surface area is 133 Å². The van der Waals surface area contributed by atoms with Crippen LogP contribution in [0.4, 0.5) is 10.1 Å². The summed E-state index contributed by atoms with van der Waals surface area (Å²) in [6, 6.07) is 6.91. The van der Waals surface area contributed by atoms with E-state index in [1.807, 2.05) is 0 Å². The maximum absolute atomic E-state index is 13.5. The van der Waals surface area contributed by atoms with Crippen LogP contribution in [0.5, 0.6) is 0 Å². The van der Waals surface area contributed by atoms with Crippen molar-refractivity contribution >= 4 is 39.1 Å². The highest BCUT2D eigenvalue weighted by Gasteiger charge is 2.30. The van der Waals surface area contributed by atoms with E-state index in [1.165, 1.54) is 18.2 Å². The molecule has 1 atom stereocenters. The van der Waals surface area contributed by atoms with E-state index in [1.54, 1.807) is 12.1 Å². The molecule has 21 heavy (non-hydrogen) atoms. The summed E-state index contributed by atoms with van der Waals surface area (Å²) < 4.78 is 14.2. The minimum Gasteiger partial charge on any atom is -0.398 e. The lowest BCUT2D eigenvalue weighted by Gasteiger charge is -2.29. The number of hydrogen-bond acceptors (Lipinski definition) is 3. The van der Waals surface area contributed by atoms with Crippen LogP contribution in [0.2, 0.25) is 5.02 Å². The second kappa shape index (κ2) is 5.29. The maximum atomic E-state index is 13.5. The minimum absolute atomic E-state index is 0.304. The number of hydrogen-bond donors (Lipinski definition) is 3. The van der Waals surface area contributed by atoms with Gasteiger partial charge < -0.3 is 5.73 Å². The molecule has 1 aliphatic rings. The molecule has 0 saturated heterocycles. The summed E-state index contributed by atoms with van der Waals surface area (Å²) in [5.41, 5.74) is 13.3. The van der Waals surface area contributed by atoms with Crippen molar-refractivity contribution in [3.8, 4) is 0 Å². The zero-order valence-electron chi connectivity index (χ0n) is 10.6.